The van der Waals surface area contributed by atoms with E-state index in [0.29, 0.717) is 11.5 Å². The predicted molar refractivity (Wildman–Crippen MR) is 52.4 cm³/mol. The molecule has 0 aliphatic heterocycles. The Bertz CT molecular complexity index is 312. The van der Waals surface area contributed by atoms with Crippen molar-refractivity contribution in [2.24, 2.45) is 0 Å². The number of alkyl halides is 3. The molecule has 0 spiro atoms. The minimum atomic E-state index is -4.08. The number of pyridine rings is 1. The summed E-state index contributed by atoms with van der Waals surface area (Å²) in [5, 5.41) is 2.84. The number of hydrogen-bond acceptors (Lipinski definition) is 3. The number of nitrogens with zero attached hydrogens (tertiary/aromatic N) is 1. The number of hydrogen-bond donors (Lipinski definition) is 2. The molecule has 3 nitrogen and oxygen atoms in total. The van der Waals surface area contributed by atoms with Gasteiger partial charge in [0.05, 0.1) is 0 Å². The van der Waals surface area contributed by atoms with E-state index in [4.69, 9.17) is 5.73 Å². The van der Waals surface area contributed by atoms with Crippen LogP contribution in [-0.2, 0) is 0 Å². The zero-order valence-corrected chi connectivity index (χ0v) is 8.01. The first kappa shape index (κ1) is 11.6. The Hall–Kier alpha value is -1.46. The largest absolute Gasteiger partial charge is 0.389 e. The maximum Gasteiger partial charge on any atom is 0.389 e. The van der Waals surface area contributed by atoms with Crippen molar-refractivity contribution in [3.8, 4) is 0 Å². The molecule has 0 radical (unpaired) electrons. The number of nitrogens with one attached hydrogen (secondary N) is 1. The first-order valence-corrected chi connectivity index (χ1v) is 4.49. The molecule has 15 heavy (non-hydrogen) atoms. The summed E-state index contributed by atoms with van der Waals surface area (Å²) in [6, 6.07) is 3.23. The highest BCUT2D eigenvalue weighted by Gasteiger charge is 2.25. The van der Waals surface area contributed by atoms with Crippen LogP contribution < -0.4 is 11.1 Å². The minimum absolute atomic E-state index is 0.0473. The highest BCUT2D eigenvalue weighted by atomic mass is 19.4. The van der Waals surface area contributed by atoms with E-state index in [1.54, 1.807) is 12.1 Å². The van der Waals surface area contributed by atoms with Gasteiger partial charge in [-0.25, -0.2) is 4.98 Å². The molecule has 3 N–H and O–H groups in total. The minimum Gasteiger partial charge on any atom is -0.385 e. The van der Waals surface area contributed by atoms with Crippen LogP contribution in [0.2, 0.25) is 0 Å². The highest BCUT2D eigenvalue weighted by Crippen LogP contribution is 2.21. The van der Waals surface area contributed by atoms with Gasteiger partial charge in [-0.3, -0.25) is 0 Å². The number of halogens is 3. The molecule has 84 valence electrons. The van der Waals surface area contributed by atoms with E-state index in [1.165, 1.54) is 6.20 Å². The average molecular weight is 219 g/mol. The topological polar surface area (TPSA) is 50.9 Å². The monoisotopic (exact) mass is 219 g/mol. The molecular formula is C9H12F3N3. The molecule has 1 rings (SSSR count). The van der Waals surface area contributed by atoms with Crippen molar-refractivity contribution in [3.05, 3.63) is 18.3 Å². The van der Waals surface area contributed by atoms with E-state index in [-0.39, 0.29) is 13.0 Å². The highest BCUT2D eigenvalue weighted by molar-refractivity contribution is 5.49. The standard InChI is InChI=1S/C9H12F3N3/c10-9(11,12)3-1-4-14-7-2-5-15-8(13)6-7/h2,5-6H,1,3-4H2,(H3,13,14,15). The summed E-state index contributed by atoms with van der Waals surface area (Å²) in [4.78, 5) is 3.77. The summed E-state index contributed by atoms with van der Waals surface area (Å²) in [5.74, 6) is 0.343. The van der Waals surface area contributed by atoms with Crippen LogP contribution in [0.25, 0.3) is 0 Å². The van der Waals surface area contributed by atoms with Gasteiger partial charge >= 0.3 is 6.18 Å². The summed E-state index contributed by atoms with van der Waals surface area (Å²) < 4.78 is 35.4. The second-order valence-corrected chi connectivity index (χ2v) is 3.11. The van der Waals surface area contributed by atoms with Gasteiger partial charge in [-0.2, -0.15) is 13.2 Å². The number of nitrogens with two attached hydrogens (primary N) is 1. The molecule has 0 amide bonds. The summed E-state index contributed by atoms with van der Waals surface area (Å²) in [6.45, 7) is 0.267. The van der Waals surface area contributed by atoms with Gasteiger partial charge in [0.25, 0.3) is 0 Å². The molecule has 1 heterocycles. The van der Waals surface area contributed by atoms with Gasteiger partial charge in [-0.15, -0.1) is 0 Å². The fourth-order valence-electron chi connectivity index (χ4n) is 1.08. The molecule has 0 saturated carbocycles. The molecule has 0 unspecified atom stereocenters. The third-order valence-corrected chi connectivity index (χ3v) is 1.75. The molecule has 0 aromatic carbocycles. The van der Waals surface area contributed by atoms with Crippen LogP contribution in [-0.4, -0.2) is 17.7 Å². The average Bonchev–Trinajstić information content (AvgIpc) is 2.11. The lowest BCUT2D eigenvalue weighted by molar-refractivity contribution is -0.134. The molecule has 0 saturated heterocycles. The third kappa shape index (κ3) is 5.09. The van der Waals surface area contributed by atoms with Crippen LogP contribution in [0.5, 0.6) is 0 Å². The van der Waals surface area contributed by atoms with E-state index in [1.807, 2.05) is 0 Å². The Morgan fingerprint density at radius 3 is 2.73 bits per heavy atom. The maximum absolute atomic E-state index is 11.8. The fraction of sp³-hybridized carbons (Fsp3) is 0.444. The first-order valence-electron chi connectivity index (χ1n) is 4.49. The van der Waals surface area contributed by atoms with Crippen LogP contribution in [0.15, 0.2) is 18.3 Å². The fourth-order valence-corrected chi connectivity index (χ4v) is 1.08. The van der Waals surface area contributed by atoms with Gasteiger partial charge < -0.3 is 11.1 Å². The smallest absolute Gasteiger partial charge is 0.385 e. The van der Waals surface area contributed by atoms with Crippen molar-refractivity contribution in [1.82, 2.24) is 4.98 Å². The Morgan fingerprint density at radius 1 is 1.40 bits per heavy atom. The lowest BCUT2D eigenvalue weighted by Gasteiger charge is -2.08. The Morgan fingerprint density at radius 2 is 2.13 bits per heavy atom. The lowest BCUT2D eigenvalue weighted by Crippen LogP contribution is -2.11. The molecule has 0 atom stereocenters. The quantitative estimate of drug-likeness (QED) is 0.764. The summed E-state index contributed by atoms with van der Waals surface area (Å²) in [6.07, 6.45) is -3.31. The summed E-state index contributed by atoms with van der Waals surface area (Å²) in [5.41, 5.74) is 6.09. The molecular weight excluding hydrogens is 207 g/mol. The normalized spacial score (nSPS) is 11.4. The van der Waals surface area contributed by atoms with Gasteiger partial charge in [-0.05, 0) is 12.5 Å². The Labute approximate surface area is 85.5 Å². The number of aromatic nitrogens is 1. The van der Waals surface area contributed by atoms with E-state index >= 15 is 0 Å². The Balaban J connectivity index is 2.26. The zero-order chi connectivity index (χ0) is 11.3. The van der Waals surface area contributed by atoms with E-state index in [2.05, 4.69) is 10.3 Å². The van der Waals surface area contributed by atoms with Crippen LogP contribution in [0.1, 0.15) is 12.8 Å². The molecule has 1 aromatic heterocycles. The van der Waals surface area contributed by atoms with Crippen LogP contribution in [0.3, 0.4) is 0 Å². The molecule has 1 aromatic rings. The maximum atomic E-state index is 11.8. The number of nitrogen functional groups attached to an aromatic ring is 1. The second kappa shape index (κ2) is 4.86. The number of rotatable bonds is 4. The van der Waals surface area contributed by atoms with E-state index < -0.39 is 12.6 Å². The van der Waals surface area contributed by atoms with Gasteiger partial charge in [0.1, 0.15) is 5.82 Å². The van der Waals surface area contributed by atoms with Crippen LogP contribution >= 0.6 is 0 Å². The van der Waals surface area contributed by atoms with Crippen molar-refractivity contribution in [2.75, 3.05) is 17.6 Å². The summed E-state index contributed by atoms with van der Waals surface area (Å²) in [7, 11) is 0. The van der Waals surface area contributed by atoms with E-state index in [0.717, 1.165) is 0 Å². The van der Waals surface area contributed by atoms with Gasteiger partial charge in [0, 0.05) is 30.9 Å². The zero-order valence-electron chi connectivity index (χ0n) is 8.01. The van der Waals surface area contributed by atoms with Crippen LogP contribution in [0, 0.1) is 0 Å². The van der Waals surface area contributed by atoms with Gasteiger partial charge in [0.15, 0.2) is 0 Å². The predicted octanol–water partition coefficient (Wildman–Crippen LogP) is 2.42. The lowest BCUT2D eigenvalue weighted by atomic mass is 10.3. The molecule has 6 heteroatoms. The molecule has 0 bridgehead atoms. The van der Waals surface area contributed by atoms with Crippen LogP contribution in [0.4, 0.5) is 24.7 Å². The van der Waals surface area contributed by atoms with Crippen molar-refractivity contribution in [2.45, 2.75) is 19.0 Å². The van der Waals surface area contributed by atoms with Crippen molar-refractivity contribution in [1.29, 1.82) is 0 Å². The second-order valence-electron chi connectivity index (χ2n) is 3.11. The van der Waals surface area contributed by atoms with Gasteiger partial charge in [0.2, 0.25) is 0 Å². The third-order valence-electron chi connectivity index (χ3n) is 1.75. The molecule has 0 aliphatic carbocycles. The number of anilines is 2. The summed E-state index contributed by atoms with van der Waals surface area (Å²) >= 11 is 0. The van der Waals surface area contributed by atoms with Crippen molar-refractivity contribution >= 4 is 11.5 Å². The SMILES string of the molecule is Nc1cc(NCCCC(F)(F)F)ccn1. The van der Waals surface area contributed by atoms with E-state index in [9.17, 15) is 13.2 Å². The van der Waals surface area contributed by atoms with Crippen molar-refractivity contribution in [3.63, 3.8) is 0 Å². The molecule has 0 fully saturated rings. The van der Waals surface area contributed by atoms with Crippen molar-refractivity contribution < 1.29 is 13.2 Å². The Kier molecular flexibility index (Phi) is 3.76. The first-order chi connectivity index (χ1) is 6.97. The van der Waals surface area contributed by atoms with Gasteiger partial charge in [-0.1, -0.05) is 0 Å². The molecule has 0 aliphatic rings.